The second-order valence-electron chi connectivity index (χ2n) is 3.64. The van der Waals surface area contributed by atoms with Gasteiger partial charge in [-0.3, -0.25) is 5.73 Å². The van der Waals surface area contributed by atoms with Gasteiger partial charge in [-0.2, -0.15) is 0 Å². The molecule has 17 heavy (non-hydrogen) atoms. The van der Waals surface area contributed by atoms with Gasteiger partial charge < -0.3 is 17.0 Å². The molecule has 0 saturated heterocycles. The first-order valence-electron chi connectivity index (χ1n) is 4.70. The molecule has 0 fully saturated rings. The molecule has 90 valence electrons. The number of nitrogens with one attached hydrogen (secondary N) is 1. The van der Waals surface area contributed by atoms with Crippen molar-refractivity contribution in [3.05, 3.63) is 29.1 Å². The lowest BCUT2D eigenvalue weighted by molar-refractivity contribution is -0.341. The number of hydrogen-bond donors (Lipinski definition) is 1. The maximum Gasteiger partial charge on any atom is 0.330 e. The first-order valence-corrected chi connectivity index (χ1v) is 7.17. The van der Waals surface area contributed by atoms with Crippen LogP contribution in [0.2, 0.25) is 0 Å². The van der Waals surface area contributed by atoms with Gasteiger partial charge in [0.15, 0.2) is 9.84 Å². The minimum absolute atomic E-state index is 0. The highest BCUT2D eigenvalue weighted by Gasteiger charge is 2.32. The minimum atomic E-state index is -3.21. The van der Waals surface area contributed by atoms with E-state index in [1.165, 1.54) is 11.3 Å². The number of hydrogen-bond acceptors (Lipinski definition) is 4. The number of fused-ring (bicyclic) bond motifs is 3. The predicted molar refractivity (Wildman–Crippen MR) is 61.6 cm³/mol. The summed E-state index contributed by atoms with van der Waals surface area (Å²) in [4.78, 5) is 4.20. The summed E-state index contributed by atoms with van der Waals surface area (Å²) >= 11 is 1.30. The summed E-state index contributed by atoms with van der Waals surface area (Å²) < 4.78 is 24.0. The molecule has 1 aromatic heterocycles. The average Bonchev–Trinajstić information content (AvgIpc) is 2.58. The summed E-state index contributed by atoms with van der Waals surface area (Å²) in [6.45, 7) is 0. The highest BCUT2D eigenvalue weighted by Crippen LogP contribution is 2.38. The first-order chi connectivity index (χ1) is 7.58. The van der Waals surface area contributed by atoms with Crippen molar-refractivity contribution in [2.24, 2.45) is 0 Å². The molecule has 0 saturated carbocycles. The first kappa shape index (κ1) is 12.5. The second-order valence-corrected chi connectivity index (χ2v) is 6.74. The van der Waals surface area contributed by atoms with Crippen LogP contribution in [0.5, 0.6) is 0 Å². The SMILES string of the molecule is Nc1[nH+]c2c(s1)CS(=O)(=O)c1ccccc1-2.[Br-]. The van der Waals surface area contributed by atoms with E-state index in [9.17, 15) is 8.42 Å². The molecule has 0 amide bonds. The zero-order chi connectivity index (χ0) is 11.3. The third kappa shape index (κ3) is 1.88. The van der Waals surface area contributed by atoms with Crippen LogP contribution in [0.4, 0.5) is 5.13 Å². The molecule has 2 aromatic rings. The maximum absolute atomic E-state index is 12.0. The van der Waals surface area contributed by atoms with Crippen molar-refractivity contribution >= 4 is 26.3 Å². The molecule has 3 rings (SSSR count). The Kier molecular flexibility index (Phi) is 3.01. The standard InChI is InChI=1S/C10H8N2O2S2.BrH/c11-10-12-9-6-3-1-2-4-8(6)16(13,14)5-7(9)15-10;/h1-4H,5H2,(H2,11,12);1H. The van der Waals surface area contributed by atoms with Crippen LogP contribution in [0.15, 0.2) is 29.2 Å². The van der Waals surface area contributed by atoms with Crippen molar-refractivity contribution in [3.63, 3.8) is 0 Å². The highest BCUT2D eigenvalue weighted by molar-refractivity contribution is 7.91. The van der Waals surface area contributed by atoms with Crippen molar-refractivity contribution in [2.75, 3.05) is 5.73 Å². The Hall–Kier alpha value is -0.920. The van der Waals surface area contributed by atoms with Gasteiger partial charge in [-0.15, -0.1) is 0 Å². The van der Waals surface area contributed by atoms with E-state index in [2.05, 4.69) is 4.98 Å². The summed E-state index contributed by atoms with van der Waals surface area (Å²) in [5, 5.41) is 0.539. The van der Waals surface area contributed by atoms with E-state index in [1.807, 2.05) is 6.07 Å². The predicted octanol–water partition coefficient (Wildman–Crippen LogP) is -1.90. The number of aromatic nitrogens is 1. The fourth-order valence-electron chi connectivity index (χ4n) is 1.92. The Morgan fingerprint density at radius 2 is 2.00 bits per heavy atom. The van der Waals surface area contributed by atoms with Gasteiger partial charge in [0.1, 0.15) is 5.69 Å². The van der Waals surface area contributed by atoms with E-state index >= 15 is 0 Å². The topological polar surface area (TPSA) is 74.3 Å². The van der Waals surface area contributed by atoms with Gasteiger partial charge in [0, 0.05) is 5.56 Å². The Balaban J connectivity index is 0.00000108. The van der Waals surface area contributed by atoms with Gasteiger partial charge in [-0.25, -0.2) is 13.4 Å². The van der Waals surface area contributed by atoms with E-state index < -0.39 is 9.84 Å². The smallest absolute Gasteiger partial charge is 0.330 e. The molecule has 2 heterocycles. The number of anilines is 1. The third-order valence-corrected chi connectivity index (χ3v) is 5.37. The number of nitrogens with two attached hydrogens (primary N) is 1. The zero-order valence-electron chi connectivity index (χ0n) is 8.60. The van der Waals surface area contributed by atoms with Gasteiger partial charge in [0.25, 0.3) is 0 Å². The van der Waals surface area contributed by atoms with Gasteiger partial charge in [-0.05, 0) is 12.1 Å². The van der Waals surface area contributed by atoms with Crippen LogP contribution in [0.1, 0.15) is 4.88 Å². The summed E-state index contributed by atoms with van der Waals surface area (Å²) in [6.07, 6.45) is 0. The maximum atomic E-state index is 12.0. The lowest BCUT2D eigenvalue weighted by Crippen LogP contribution is -3.00. The Morgan fingerprint density at radius 1 is 1.29 bits per heavy atom. The largest absolute Gasteiger partial charge is 1.00 e. The zero-order valence-corrected chi connectivity index (χ0v) is 11.8. The third-order valence-electron chi connectivity index (χ3n) is 2.57. The van der Waals surface area contributed by atoms with Crippen LogP contribution in [0.25, 0.3) is 11.3 Å². The van der Waals surface area contributed by atoms with E-state index in [-0.39, 0.29) is 22.7 Å². The normalized spacial score (nSPS) is 15.5. The van der Waals surface area contributed by atoms with Crippen LogP contribution in [0, 0.1) is 0 Å². The van der Waals surface area contributed by atoms with Crippen molar-refractivity contribution in [1.29, 1.82) is 0 Å². The molecular weight excluding hydrogens is 324 g/mol. The molecule has 3 N–H and O–H groups in total. The van der Waals surface area contributed by atoms with Gasteiger partial charge >= 0.3 is 5.13 Å². The average molecular weight is 333 g/mol. The number of H-pyrrole nitrogens is 1. The van der Waals surface area contributed by atoms with Crippen LogP contribution in [-0.4, -0.2) is 8.42 Å². The van der Waals surface area contributed by atoms with E-state index in [0.717, 1.165) is 16.1 Å². The van der Waals surface area contributed by atoms with Crippen molar-refractivity contribution in [3.8, 4) is 11.3 Å². The molecular formula is C10H9BrN2O2S2. The number of rotatable bonds is 0. The van der Waals surface area contributed by atoms with Crippen LogP contribution >= 0.6 is 11.3 Å². The highest BCUT2D eigenvalue weighted by atomic mass is 79.9. The molecule has 0 spiro atoms. The monoisotopic (exact) mass is 332 g/mol. The molecule has 0 bridgehead atoms. The Morgan fingerprint density at radius 3 is 2.76 bits per heavy atom. The van der Waals surface area contributed by atoms with Crippen molar-refractivity contribution in [1.82, 2.24) is 0 Å². The number of benzene rings is 1. The van der Waals surface area contributed by atoms with E-state index in [4.69, 9.17) is 5.73 Å². The number of aromatic amines is 1. The minimum Gasteiger partial charge on any atom is -1.00 e. The molecule has 1 aliphatic rings. The van der Waals surface area contributed by atoms with Gasteiger partial charge in [-0.1, -0.05) is 23.5 Å². The van der Waals surface area contributed by atoms with Crippen LogP contribution < -0.4 is 27.7 Å². The van der Waals surface area contributed by atoms with Gasteiger partial charge in [0.2, 0.25) is 0 Å². The molecule has 0 unspecified atom stereocenters. The molecule has 0 aliphatic carbocycles. The summed E-state index contributed by atoms with van der Waals surface area (Å²) in [7, 11) is -3.21. The molecule has 0 radical (unpaired) electrons. The summed E-state index contributed by atoms with van der Waals surface area (Å²) in [6, 6.07) is 6.99. The quantitative estimate of drug-likeness (QED) is 0.612. The van der Waals surface area contributed by atoms with E-state index in [0.29, 0.717) is 10.0 Å². The number of sulfone groups is 1. The molecule has 1 aromatic carbocycles. The fraction of sp³-hybridized carbons (Fsp3) is 0.100. The Labute approximate surface area is 113 Å². The second kappa shape index (κ2) is 4.08. The molecule has 7 heteroatoms. The van der Waals surface area contributed by atoms with Crippen molar-refractivity contribution in [2.45, 2.75) is 10.6 Å². The molecule has 0 atom stereocenters. The summed E-state index contributed by atoms with van der Waals surface area (Å²) in [5.41, 5.74) is 7.23. The van der Waals surface area contributed by atoms with Crippen LogP contribution in [-0.2, 0) is 15.6 Å². The van der Waals surface area contributed by atoms with Gasteiger partial charge in [0.05, 0.1) is 15.5 Å². The molecule has 1 aliphatic heterocycles. The van der Waals surface area contributed by atoms with Crippen molar-refractivity contribution < 1.29 is 30.4 Å². The lowest BCUT2D eigenvalue weighted by atomic mass is 10.1. The fourth-order valence-corrected chi connectivity index (χ4v) is 4.73. The van der Waals surface area contributed by atoms with Crippen LogP contribution in [0.3, 0.4) is 0 Å². The number of halogens is 1. The lowest BCUT2D eigenvalue weighted by Gasteiger charge is -2.13. The summed E-state index contributed by atoms with van der Waals surface area (Å²) in [5.74, 6) is 0.0394. The Bertz CT molecular complexity index is 679. The number of thiazole rings is 1. The van der Waals surface area contributed by atoms with E-state index in [1.54, 1.807) is 18.2 Å². The number of nitrogen functional groups attached to an aromatic ring is 1. The molecule has 4 nitrogen and oxygen atoms in total.